The van der Waals surface area contributed by atoms with Crippen LogP contribution in [-0.4, -0.2) is 0 Å². The molecule has 2 aliphatic rings. The topological polar surface area (TPSA) is 13.1 Å². The SMILES string of the molecule is c1cc(-c2ccc3c4c(ccc3c2)-c2c(c3ccccc3c3ccccc23)C42c3ccccc3-c3ccccc32)cc(-c2c3ccccc3c(-c3ccc4oc5ccccc5c4c3)c3ccccc23)c1. The zero-order valence-corrected chi connectivity index (χ0v) is 38.0. The van der Waals surface area contributed by atoms with Gasteiger partial charge in [0.25, 0.3) is 0 Å². The summed E-state index contributed by atoms with van der Waals surface area (Å²) in [6.07, 6.45) is 0. The van der Waals surface area contributed by atoms with E-state index in [1.807, 2.05) is 6.07 Å². The molecule has 0 amide bonds. The van der Waals surface area contributed by atoms with Gasteiger partial charge in [-0.05, 0) is 162 Å². The van der Waals surface area contributed by atoms with Crippen LogP contribution in [0.1, 0.15) is 22.3 Å². The lowest BCUT2D eigenvalue weighted by Gasteiger charge is -2.32. The van der Waals surface area contributed by atoms with E-state index in [2.05, 4.69) is 237 Å². The minimum Gasteiger partial charge on any atom is -0.456 e. The Morgan fingerprint density at radius 2 is 0.729 bits per heavy atom. The summed E-state index contributed by atoms with van der Waals surface area (Å²) in [5.74, 6) is 0. The molecule has 13 aromatic carbocycles. The van der Waals surface area contributed by atoms with Crippen molar-refractivity contribution in [1.82, 2.24) is 0 Å². The van der Waals surface area contributed by atoms with E-state index in [1.165, 1.54) is 132 Å². The fourth-order valence-corrected chi connectivity index (χ4v) is 13.3. The van der Waals surface area contributed by atoms with Crippen molar-refractivity contribution in [3.8, 4) is 55.6 Å². The minimum absolute atomic E-state index is 0.505. The molecule has 0 saturated heterocycles. The Labute approximate surface area is 404 Å². The van der Waals surface area contributed by atoms with Crippen LogP contribution in [0.3, 0.4) is 0 Å². The molecule has 1 heteroatoms. The Balaban J connectivity index is 0.908. The molecule has 0 saturated carbocycles. The Kier molecular flexibility index (Phi) is 7.60. The van der Waals surface area contributed by atoms with Crippen molar-refractivity contribution in [2.45, 2.75) is 5.41 Å². The quantitative estimate of drug-likeness (QED) is 0.127. The number of furan rings is 1. The van der Waals surface area contributed by atoms with Crippen molar-refractivity contribution in [2.75, 3.05) is 0 Å². The van der Waals surface area contributed by atoms with E-state index in [0.29, 0.717) is 0 Å². The van der Waals surface area contributed by atoms with Crippen molar-refractivity contribution in [2.24, 2.45) is 0 Å². The number of hydrogen-bond donors (Lipinski definition) is 0. The fourth-order valence-electron chi connectivity index (χ4n) is 13.3. The molecule has 0 unspecified atom stereocenters. The van der Waals surface area contributed by atoms with Crippen LogP contribution in [-0.2, 0) is 5.41 Å². The molecule has 1 heterocycles. The van der Waals surface area contributed by atoms with Gasteiger partial charge in [-0.1, -0.05) is 212 Å². The summed E-state index contributed by atoms with van der Waals surface area (Å²) in [6, 6.07) is 90.7. The van der Waals surface area contributed by atoms with Gasteiger partial charge in [0.05, 0.1) is 5.41 Å². The molecule has 0 radical (unpaired) electrons. The van der Waals surface area contributed by atoms with Gasteiger partial charge in [-0.15, -0.1) is 0 Å². The van der Waals surface area contributed by atoms with Gasteiger partial charge in [-0.2, -0.15) is 0 Å². The molecule has 0 fully saturated rings. The molecule has 0 bridgehead atoms. The third kappa shape index (κ3) is 4.90. The highest BCUT2D eigenvalue weighted by Crippen LogP contribution is 2.66. The molecule has 0 atom stereocenters. The minimum atomic E-state index is -0.505. The first-order chi connectivity index (χ1) is 34.7. The predicted octanol–water partition coefficient (Wildman–Crippen LogP) is 18.7. The maximum atomic E-state index is 6.27. The lowest BCUT2D eigenvalue weighted by Crippen LogP contribution is -2.26. The van der Waals surface area contributed by atoms with Gasteiger partial charge in [0.15, 0.2) is 0 Å². The van der Waals surface area contributed by atoms with E-state index in [4.69, 9.17) is 4.42 Å². The van der Waals surface area contributed by atoms with Crippen molar-refractivity contribution in [1.29, 1.82) is 0 Å². The summed E-state index contributed by atoms with van der Waals surface area (Å²) in [4.78, 5) is 0. The van der Waals surface area contributed by atoms with Crippen LogP contribution in [0.15, 0.2) is 247 Å². The van der Waals surface area contributed by atoms with Crippen LogP contribution in [0.4, 0.5) is 0 Å². The number of fused-ring (bicyclic) bond motifs is 22. The smallest absolute Gasteiger partial charge is 0.135 e. The maximum Gasteiger partial charge on any atom is 0.135 e. The Morgan fingerprint density at radius 1 is 0.243 bits per heavy atom. The van der Waals surface area contributed by atoms with E-state index in [9.17, 15) is 0 Å². The van der Waals surface area contributed by atoms with Crippen molar-refractivity contribution in [3.05, 3.63) is 265 Å². The Bertz CT molecular complexity index is 4500. The van der Waals surface area contributed by atoms with Crippen LogP contribution in [0, 0.1) is 0 Å². The van der Waals surface area contributed by atoms with Gasteiger partial charge in [0.1, 0.15) is 11.2 Å². The van der Waals surface area contributed by atoms with E-state index in [1.54, 1.807) is 0 Å². The van der Waals surface area contributed by atoms with Gasteiger partial charge in [-0.3, -0.25) is 0 Å². The molecule has 1 spiro atoms. The molecule has 70 heavy (non-hydrogen) atoms. The van der Waals surface area contributed by atoms with Gasteiger partial charge in [0.2, 0.25) is 0 Å². The molecular formula is C69H40O. The Hall–Kier alpha value is -9.04. The molecule has 16 rings (SSSR count). The van der Waals surface area contributed by atoms with E-state index >= 15 is 0 Å². The largest absolute Gasteiger partial charge is 0.456 e. The van der Waals surface area contributed by atoms with Crippen LogP contribution in [0.5, 0.6) is 0 Å². The average Bonchev–Trinajstić information content (AvgIpc) is 4.07. The monoisotopic (exact) mass is 884 g/mol. The first kappa shape index (κ1) is 38.0. The van der Waals surface area contributed by atoms with Crippen LogP contribution < -0.4 is 0 Å². The average molecular weight is 885 g/mol. The lowest BCUT2D eigenvalue weighted by atomic mass is 9.68. The standard InChI is InChI=1S/C69H40O/c1-3-23-52-47(18-1)48-19-2-8-28-57(48)68-66(52)58-36-33-43-38-42(32-35-46(43)67(58)69(68)60-29-12-9-20-49(60)50-21-10-13-30-61(50)69)41-16-15-17-44(39-41)64-53-24-4-6-26-55(53)65(56-27-7-5-25-54(56)64)45-34-37-63-59(40-45)51-22-11-14-31-62(51)70-63/h1-40H. The maximum absolute atomic E-state index is 6.27. The summed E-state index contributed by atoms with van der Waals surface area (Å²) in [6.45, 7) is 0. The molecule has 0 aliphatic heterocycles. The highest BCUT2D eigenvalue weighted by Gasteiger charge is 2.53. The normalized spacial score (nSPS) is 13.3. The summed E-state index contributed by atoms with van der Waals surface area (Å²) < 4.78 is 6.27. The zero-order valence-electron chi connectivity index (χ0n) is 38.0. The number of rotatable bonds is 3. The summed E-state index contributed by atoms with van der Waals surface area (Å²) >= 11 is 0. The fraction of sp³-hybridized carbons (Fsp3) is 0.0145. The van der Waals surface area contributed by atoms with Crippen LogP contribution in [0.25, 0.3) is 131 Å². The van der Waals surface area contributed by atoms with Crippen molar-refractivity contribution in [3.63, 3.8) is 0 Å². The molecule has 14 aromatic rings. The lowest BCUT2D eigenvalue weighted by molar-refractivity contribution is 0.669. The Morgan fingerprint density at radius 3 is 1.40 bits per heavy atom. The third-order valence-electron chi connectivity index (χ3n) is 16.0. The van der Waals surface area contributed by atoms with Crippen LogP contribution in [0.2, 0.25) is 0 Å². The second-order valence-electron chi connectivity index (χ2n) is 19.3. The van der Waals surface area contributed by atoms with Gasteiger partial charge < -0.3 is 4.42 Å². The summed E-state index contributed by atoms with van der Waals surface area (Å²) in [5.41, 5.74) is 19.4. The number of hydrogen-bond acceptors (Lipinski definition) is 1. The molecule has 1 nitrogen and oxygen atoms in total. The summed E-state index contributed by atoms with van der Waals surface area (Å²) in [7, 11) is 0. The molecule has 2 aliphatic carbocycles. The first-order valence-electron chi connectivity index (χ1n) is 24.4. The summed E-state index contributed by atoms with van der Waals surface area (Å²) in [5, 5.41) is 15.0. The highest BCUT2D eigenvalue weighted by molar-refractivity contribution is 6.24. The number of para-hydroxylation sites is 1. The van der Waals surface area contributed by atoms with Gasteiger partial charge >= 0.3 is 0 Å². The highest BCUT2D eigenvalue weighted by atomic mass is 16.3. The van der Waals surface area contributed by atoms with Crippen molar-refractivity contribution < 1.29 is 4.42 Å². The van der Waals surface area contributed by atoms with E-state index in [0.717, 1.165) is 21.9 Å². The van der Waals surface area contributed by atoms with Gasteiger partial charge in [-0.25, -0.2) is 0 Å². The predicted molar refractivity (Wildman–Crippen MR) is 294 cm³/mol. The van der Waals surface area contributed by atoms with Gasteiger partial charge in [0, 0.05) is 10.8 Å². The molecular weight excluding hydrogens is 845 g/mol. The zero-order chi connectivity index (χ0) is 45.7. The third-order valence-corrected chi connectivity index (χ3v) is 16.0. The number of benzene rings is 13. The van der Waals surface area contributed by atoms with Crippen LogP contribution >= 0.6 is 0 Å². The van der Waals surface area contributed by atoms with E-state index < -0.39 is 5.41 Å². The second kappa shape index (κ2) is 14.0. The molecule has 0 N–H and O–H groups in total. The molecule has 322 valence electrons. The van der Waals surface area contributed by atoms with E-state index in [-0.39, 0.29) is 0 Å². The van der Waals surface area contributed by atoms with Crippen molar-refractivity contribution >= 4 is 75.8 Å². The first-order valence-corrected chi connectivity index (χ1v) is 24.4. The molecule has 1 aromatic heterocycles. The second-order valence-corrected chi connectivity index (χ2v) is 19.3.